The van der Waals surface area contributed by atoms with Crippen LogP contribution in [-0.2, 0) is 36.6 Å². The van der Waals surface area contributed by atoms with Crippen LogP contribution in [0.2, 0.25) is 0 Å². The van der Waals surface area contributed by atoms with Crippen molar-refractivity contribution < 1.29 is 30.5 Å². The Morgan fingerprint density at radius 3 is 2.22 bits per heavy atom. The summed E-state index contributed by atoms with van der Waals surface area (Å²) in [5, 5.41) is 2.36. The maximum atomic E-state index is 6.84. The maximum Gasteiger partial charge on any atom is 2.00 e. The number of ether oxygens (including phenoxy) is 2. The first-order valence-electron chi connectivity index (χ1n) is 19.0. The fraction of sp³-hybridized carbons (Fsp3) is 0.265. The topological polar surface area (TPSA) is 48.6 Å². The van der Waals surface area contributed by atoms with Crippen LogP contribution in [0.4, 0.5) is 0 Å². The molecule has 9 rings (SSSR count). The van der Waals surface area contributed by atoms with E-state index in [1.807, 2.05) is 36.5 Å². The van der Waals surface area contributed by atoms with Gasteiger partial charge < -0.3 is 14.0 Å². The van der Waals surface area contributed by atoms with Crippen LogP contribution in [0, 0.1) is 19.1 Å². The molecule has 5 nitrogen and oxygen atoms in total. The van der Waals surface area contributed by atoms with Gasteiger partial charge in [0.1, 0.15) is 23.7 Å². The van der Waals surface area contributed by atoms with Crippen molar-refractivity contribution in [2.24, 2.45) is 4.99 Å². The van der Waals surface area contributed by atoms with Gasteiger partial charge in [-0.15, -0.1) is 28.8 Å². The van der Waals surface area contributed by atoms with Crippen molar-refractivity contribution in [3.05, 3.63) is 166 Å². The van der Waals surface area contributed by atoms with Crippen LogP contribution in [0.3, 0.4) is 0 Å². The van der Waals surface area contributed by atoms with E-state index in [-0.39, 0.29) is 50.0 Å². The van der Waals surface area contributed by atoms with Gasteiger partial charge in [0.05, 0.1) is 5.52 Å². The van der Waals surface area contributed by atoms with Gasteiger partial charge in [-0.1, -0.05) is 146 Å². The Bertz CT molecular complexity index is 2620. The molecule has 55 heavy (non-hydrogen) atoms. The zero-order valence-corrected chi connectivity index (χ0v) is 34.9. The molecule has 2 aliphatic rings. The first-order valence-corrected chi connectivity index (χ1v) is 19.0. The number of aliphatic imine (C=N–C) groups is 1. The Morgan fingerprint density at radius 1 is 0.818 bits per heavy atom. The normalized spacial score (nSPS) is 17.1. The number of rotatable bonds is 6. The minimum Gasteiger partial charge on any atom is -0.510 e. The number of pyridine rings is 1. The second kappa shape index (κ2) is 13.6. The van der Waals surface area contributed by atoms with Gasteiger partial charge in [-0.25, -0.2) is 4.98 Å². The van der Waals surface area contributed by atoms with Gasteiger partial charge in [-0.3, -0.25) is 4.99 Å². The van der Waals surface area contributed by atoms with Crippen molar-refractivity contribution in [3.8, 4) is 17.2 Å². The Hall–Kier alpha value is -4.99. The summed E-state index contributed by atoms with van der Waals surface area (Å²) in [5.74, 6) is 2.07. The summed E-state index contributed by atoms with van der Waals surface area (Å²) in [6, 6.07) is 43.4. The van der Waals surface area contributed by atoms with Crippen molar-refractivity contribution in [1.29, 1.82) is 0 Å². The van der Waals surface area contributed by atoms with Crippen LogP contribution >= 0.6 is 0 Å². The van der Waals surface area contributed by atoms with Gasteiger partial charge in [0.15, 0.2) is 0 Å². The first kappa shape index (κ1) is 37.0. The average molecular weight is 903 g/mol. The fourth-order valence-corrected chi connectivity index (χ4v) is 8.14. The summed E-state index contributed by atoms with van der Waals surface area (Å²) >= 11 is 0. The summed E-state index contributed by atoms with van der Waals surface area (Å²) < 4.78 is 15.9. The molecule has 2 aromatic heterocycles. The van der Waals surface area contributed by atoms with Crippen LogP contribution in [0.5, 0.6) is 11.5 Å². The minimum absolute atomic E-state index is 0. The van der Waals surface area contributed by atoms with Crippen molar-refractivity contribution in [1.82, 2.24) is 9.55 Å². The van der Waals surface area contributed by atoms with E-state index in [2.05, 4.69) is 145 Å². The zero-order chi connectivity index (χ0) is 37.5. The summed E-state index contributed by atoms with van der Waals surface area (Å²) in [6.45, 7) is 18.0. The van der Waals surface area contributed by atoms with E-state index in [0.717, 1.165) is 44.5 Å². The van der Waals surface area contributed by atoms with Crippen molar-refractivity contribution in [3.63, 3.8) is 0 Å². The molecule has 0 saturated carbocycles. The fourth-order valence-electron chi connectivity index (χ4n) is 8.14. The van der Waals surface area contributed by atoms with E-state index in [1.54, 1.807) is 0 Å². The van der Waals surface area contributed by atoms with E-state index in [4.69, 9.17) is 19.5 Å². The van der Waals surface area contributed by atoms with Gasteiger partial charge in [0, 0.05) is 28.5 Å². The third-order valence-electron chi connectivity index (χ3n) is 11.3. The van der Waals surface area contributed by atoms with Gasteiger partial charge in [0.25, 0.3) is 0 Å². The number of nitrogens with zero attached hydrogens (tertiary/aromatic N) is 3. The standard InChI is InChI=1S/C49H45N3O2.Pt/c1-29(2)33-23-34(47-51-43(31-16-11-9-12-17-31)45(54-47)32-18-13-10-14-19-32)25-36(24-33)53-42-28-41-39(22-30(42)3)49(7,8)40-27-35(48(4,5)6)26-38-37-20-15-21-50-46(37)52(41)44(38)40;/h9-24,26-27,29,43,45H,1-8H3;/q-2;+2/t43-,45-;/m1./s1. The summed E-state index contributed by atoms with van der Waals surface area (Å²) in [7, 11) is 0. The van der Waals surface area contributed by atoms with Crippen LogP contribution in [0.15, 0.2) is 114 Å². The molecule has 2 atom stereocenters. The molecule has 0 bridgehead atoms. The van der Waals surface area contributed by atoms with Gasteiger partial charge in [0.2, 0.25) is 0 Å². The average Bonchev–Trinajstić information content (AvgIpc) is 3.76. The molecule has 6 heteroatoms. The molecule has 0 radical (unpaired) electrons. The molecule has 278 valence electrons. The molecular weight excluding hydrogens is 858 g/mol. The number of benzene rings is 5. The largest absolute Gasteiger partial charge is 2.00 e. The van der Waals surface area contributed by atoms with Gasteiger partial charge in [-0.2, -0.15) is 6.07 Å². The maximum absolute atomic E-state index is 6.84. The van der Waals surface area contributed by atoms with Crippen molar-refractivity contribution >= 4 is 27.8 Å². The monoisotopic (exact) mass is 902 g/mol. The molecule has 0 N–H and O–H groups in total. The summed E-state index contributed by atoms with van der Waals surface area (Å²) in [5.41, 5.74) is 11.7. The molecule has 5 aromatic carbocycles. The van der Waals surface area contributed by atoms with E-state index in [1.165, 1.54) is 27.6 Å². The number of aromatic nitrogens is 2. The van der Waals surface area contributed by atoms with Crippen LogP contribution in [0.25, 0.3) is 27.6 Å². The second-order valence-corrected chi connectivity index (χ2v) is 16.7. The third-order valence-corrected chi connectivity index (χ3v) is 11.3. The van der Waals surface area contributed by atoms with Crippen LogP contribution in [-0.4, -0.2) is 15.4 Å². The number of hydrogen-bond acceptors (Lipinski definition) is 4. The first-order chi connectivity index (χ1) is 25.9. The third kappa shape index (κ3) is 6.21. The molecule has 2 aliphatic heterocycles. The smallest absolute Gasteiger partial charge is 0.510 e. The van der Waals surface area contributed by atoms with Crippen molar-refractivity contribution in [2.75, 3.05) is 0 Å². The Labute approximate surface area is 338 Å². The second-order valence-electron chi connectivity index (χ2n) is 16.7. The minimum atomic E-state index is -0.279. The quantitative estimate of drug-likeness (QED) is 0.156. The Balaban J connectivity index is 0.00000427. The molecule has 0 saturated heterocycles. The number of fused-ring (bicyclic) bond motifs is 5. The molecule has 0 amide bonds. The van der Waals surface area contributed by atoms with Crippen LogP contribution in [0.1, 0.15) is 111 Å². The van der Waals surface area contributed by atoms with Gasteiger partial charge >= 0.3 is 21.1 Å². The molecule has 0 fully saturated rings. The molecular formula is C49H45N3O2Pt. The molecule has 7 aromatic rings. The van der Waals surface area contributed by atoms with E-state index < -0.39 is 0 Å². The van der Waals surface area contributed by atoms with E-state index in [0.29, 0.717) is 17.4 Å². The SMILES string of the molecule is Cc1cc2c([c-]c1Oc1[c-]c(C3=N[C@H](c4ccccc4)[C@@H](c4ccccc4)O3)cc(C(C)C)c1)-n1c3ncccc3c3cc(C(C)(C)C)cc(c31)C2(C)C.[Pt+2]. The zero-order valence-electron chi connectivity index (χ0n) is 32.6. The predicted molar refractivity (Wildman–Crippen MR) is 218 cm³/mol. The van der Waals surface area contributed by atoms with Crippen molar-refractivity contribution in [2.45, 2.75) is 84.3 Å². The molecule has 0 aliphatic carbocycles. The van der Waals surface area contributed by atoms with E-state index in [9.17, 15) is 0 Å². The van der Waals surface area contributed by atoms with Gasteiger partial charge in [-0.05, 0) is 57.2 Å². The number of aryl methyl sites for hydroxylation is 1. The molecule has 0 spiro atoms. The number of hydrogen-bond donors (Lipinski definition) is 0. The van der Waals surface area contributed by atoms with Crippen LogP contribution < -0.4 is 4.74 Å². The predicted octanol–water partition coefficient (Wildman–Crippen LogP) is 12.2. The summed E-state index contributed by atoms with van der Waals surface area (Å²) in [6.07, 6.45) is 1.62. The molecule has 0 unspecified atom stereocenters. The van der Waals surface area contributed by atoms with E-state index >= 15 is 0 Å². The Morgan fingerprint density at radius 2 is 1.53 bits per heavy atom. The molecule has 4 heterocycles. The Kier molecular flexibility index (Phi) is 9.16. The summed E-state index contributed by atoms with van der Waals surface area (Å²) in [4.78, 5) is 10.2.